The largest absolute Gasteiger partial charge is 0.394 e. The Labute approximate surface area is 89.3 Å². The summed E-state index contributed by atoms with van der Waals surface area (Å²) in [6, 6.07) is -0.178. The molecule has 1 aromatic rings. The number of carbonyl (C=O) groups excluding carboxylic acids is 1. The van der Waals surface area contributed by atoms with Crippen LogP contribution in [0.5, 0.6) is 0 Å². The minimum Gasteiger partial charge on any atom is -0.394 e. The number of nitrogens with zero attached hydrogens (tertiary/aromatic N) is 3. The number of aliphatic hydroxyl groups excluding tert-OH is 1. The van der Waals surface area contributed by atoms with Gasteiger partial charge in [-0.1, -0.05) is 0 Å². The Morgan fingerprint density at radius 1 is 1.73 bits per heavy atom. The van der Waals surface area contributed by atoms with Crippen LogP contribution in [0.2, 0.25) is 0 Å². The van der Waals surface area contributed by atoms with E-state index in [1.807, 2.05) is 6.92 Å². The van der Waals surface area contributed by atoms with Crippen LogP contribution in [0, 0.1) is 0 Å². The SMILES string of the molecule is CCn1cc(C(=O)N(C)C(C)CO)cn1. The Bertz CT molecular complexity index is 335. The molecule has 0 saturated heterocycles. The fourth-order valence-corrected chi connectivity index (χ4v) is 1.17. The van der Waals surface area contributed by atoms with E-state index in [-0.39, 0.29) is 18.6 Å². The van der Waals surface area contributed by atoms with Gasteiger partial charge in [-0.2, -0.15) is 5.10 Å². The number of rotatable bonds is 4. The van der Waals surface area contributed by atoms with Gasteiger partial charge in [0.05, 0.1) is 24.4 Å². The first-order valence-electron chi connectivity index (χ1n) is 5.00. The van der Waals surface area contributed by atoms with Crippen LogP contribution in [0.15, 0.2) is 12.4 Å². The van der Waals surface area contributed by atoms with Gasteiger partial charge < -0.3 is 10.0 Å². The molecular weight excluding hydrogens is 194 g/mol. The summed E-state index contributed by atoms with van der Waals surface area (Å²) in [5, 5.41) is 13.0. The molecule has 1 amide bonds. The highest BCUT2D eigenvalue weighted by Crippen LogP contribution is 2.05. The summed E-state index contributed by atoms with van der Waals surface area (Å²) >= 11 is 0. The minimum absolute atomic E-state index is 0.0375. The molecule has 1 rings (SSSR count). The molecule has 0 aliphatic carbocycles. The van der Waals surface area contributed by atoms with Crippen molar-refractivity contribution < 1.29 is 9.90 Å². The average molecular weight is 211 g/mol. The van der Waals surface area contributed by atoms with Crippen molar-refractivity contribution in [2.24, 2.45) is 0 Å². The highest BCUT2D eigenvalue weighted by molar-refractivity contribution is 5.93. The molecule has 0 fully saturated rings. The Balaban J connectivity index is 2.75. The third-order valence-electron chi connectivity index (χ3n) is 2.45. The summed E-state index contributed by atoms with van der Waals surface area (Å²) in [6.07, 6.45) is 3.26. The first-order chi connectivity index (χ1) is 7.10. The number of aromatic nitrogens is 2. The molecular formula is C10H17N3O2. The van der Waals surface area contributed by atoms with Gasteiger partial charge in [0.15, 0.2) is 0 Å². The molecule has 0 saturated carbocycles. The molecule has 0 bridgehead atoms. The zero-order valence-corrected chi connectivity index (χ0v) is 9.34. The van der Waals surface area contributed by atoms with Gasteiger partial charge in [0.2, 0.25) is 0 Å². The van der Waals surface area contributed by atoms with E-state index in [2.05, 4.69) is 5.10 Å². The lowest BCUT2D eigenvalue weighted by Gasteiger charge is -2.22. The molecule has 84 valence electrons. The van der Waals surface area contributed by atoms with E-state index in [9.17, 15) is 4.79 Å². The lowest BCUT2D eigenvalue weighted by atomic mass is 10.2. The van der Waals surface area contributed by atoms with Crippen LogP contribution in [0.25, 0.3) is 0 Å². The number of hydrogen-bond donors (Lipinski definition) is 1. The number of carbonyl (C=O) groups is 1. The molecule has 1 atom stereocenters. The Hall–Kier alpha value is -1.36. The normalized spacial score (nSPS) is 12.5. The Morgan fingerprint density at radius 3 is 2.87 bits per heavy atom. The maximum absolute atomic E-state index is 11.8. The second-order valence-corrected chi connectivity index (χ2v) is 3.53. The van der Waals surface area contributed by atoms with Crippen molar-refractivity contribution in [3.8, 4) is 0 Å². The van der Waals surface area contributed by atoms with Crippen LogP contribution >= 0.6 is 0 Å². The van der Waals surface area contributed by atoms with Gasteiger partial charge in [-0.3, -0.25) is 9.48 Å². The topological polar surface area (TPSA) is 58.4 Å². The van der Waals surface area contributed by atoms with Crippen LogP contribution in [-0.2, 0) is 6.54 Å². The fraction of sp³-hybridized carbons (Fsp3) is 0.600. The predicted octanol–water partition coefficient (Wildman–Crippen LogP) is 0.356. The first-order valence-corrected chi connectivity index (χ1v) is 5.00. The van der Waals surface area contributed by atoms with Gasteiger partial charge in [-0.25, -0.2) is 0 Å². The first kappa shape index (κ1) is 11.7. The number of likely N-dealkylation sites (N-methyl/N-ethyl adjacent to an activating group) is 1. The molecule has 0 aliphatic rings. The van der Waals surface area contributed by atoms with E-state index in [1.54, 1.807) is 31.0 Å². The van der Waals surface area contributed by atoms with E-state index in [0.29, 0.717) is 5.56 Å². The lowest BCUT2D eigenvalue weighted by Crippen LogP contribution is -2.37. The maximum atomic E-state index is 11.8. The molecule has 1 N–H and O–H groups in total. The van der Waals surface area contributed by atoms with Crippen LogP contribution in [0.4, 0.5) is 0 Å². The van der Waals surface area contributed by atoms with Crippen molar-refractivity contribution in [3.63, 3.8) is 0 Å². The summed E-state index contributed by atoms with van der Waals surface area (Å²) < 4.78 is 1.70. The highest BCUT2D eigenvalue weighted by Gasteiger charge is 2.17. The van der Waals surface area contributed by atoms with Crippen molar-refractivity contribution in [2.75, 3.05) is 13.7 Å². The van der Waals surface area contributed by atoms with E-state index < -0.39 is 0 Å². The minimum atomic E-state index is -0.178. The van der Waals surface area contributed by atoms with Gasteiger partial charge >= 0.3 is 0 Å². The van der Waals surface area contributed by atoms with E-state index in [1.165, 1.54) is 4.90 Å². The third kappa shape index (κ3) is 2.56. The molecule has 5 nitrogen and oxygen atoms in total. The third-order valence-corrected chi connectivity index (χ3v) is 2.45. The Kier molecular flexibility index (Phi) is 3.85. The summed E-state index contributed by atoms with van der Waals surface area (Å²) in [7, 11) is 1.67. The van der Waals surface area contributed by atoms with Crippen LogP contribution in [0.1, 0.15) is 24.2 Å². The second-order valence-electron chi connectivity index (χ2n) is 3.53. The standard InChI is InChI=1S/C10H17N3O2/c1-4-13-6-9(5-11-13)10(15)12(3)8(2)7-14/h5-6,8,14H,4,7H2,1-3H3. The van der Waals surface area contributed by atoms with Gasteiger partial charge in [-0.15, -0.1) is 0 Å². The van der Waals surface area contributed by atoms with E-state index >= 15 is 0 Å². The summed E-state index contributed by atoms with van der Waals surface area (Å²) in [5.74, 6) is -0.115. The summed E-state index contributed by atoms with van der Waals surface area (Å²) in [4.78, 5) is 13.3. The molecule has 0 aliphatic heterocycles. The number of amides is 1. The molecule has 15 heavy (non-hydrogen) atoms. The lowest BCUT2D eigenvalue weighted by molar-refractivity contribution is 0.0682. The van der Waals surface area contributed by atoms with Crippen LogP contribution < -0.4 is 0 Å². The molecule has 1 unspecified atom stereocenters. The summed E-state index contributed by atoms with van der Waals surface area (Å²) in [5.41, 5.74) is 0.555. The molecule has 0 radical (unpaired) electrons. The number of aryl methyl sites for hydroxylation is 1. The number of aliphatic hydroxyl groups is 1. The van der Waals surface area contributed by atoms with Crippen molar-refractivity contribution in [1.29, 1.82) is 0 Å². The average Bonchev–Trinajstić information content (AvgIpc) is 2.74. The fourth-order valence-electron chi connectivity index (χ4n) is 1.17. The quantitative estimate of drug-likeness (QED) is 0.782. The van der Waals surface area contributed by atoms with E-state index in [0.717, 1.165) is 6.54 Å². The van der Waals surface area contributed by atoms with Crippen molar-refractivity contribution >= 4 is 5.91 Å². The molecule has 0 spiro atoms. The van der Waals surface area contributed by atoms with Crippen molar-refractivity contribution in [2.45, 2.75) is 26.4 Å². The Morgan fingerprint density at radius 2 is 2.40 bits per heavy atom. The van der Waals surface area contributed by atoms with Gasteiger partial charge in [0.1, 0.15) is 0 Å². The zero-order chi connectivity index (χ0) is 11.4. The van der Waals surface area contributed by atoms with Gasteiger partial charge in [0, 0.05) is 19.8 Å². The summed E-state index contributed by atoms with van der Waals surface area (Å²) in [6.45, 7) is 4.46. The number of hydrogen-bond acceptors (Lipinski definition) is 3. The monoisotopic (exact) mass is 211 g/mol. The van der Waals surface area contributed by atoms with Crippen molar-refractivity contribution in [3.05, 3.63) is 18.0 Å². The van der Waals surface area contributed by atoms with Crippen molar-refractivity contribution in [1.82, 2.24) is 14.7 Å². The highest BCUT2D eigenvalue weighted by atomic mass is 16.3. The maximum Gasteiger partial charge on any atom is 0.257 e. The zero-order valence-electron chi connectivity index (χ0n) is 9.34. The smallest absolute Gasteiger partial charge is 0.257 e. The predicted molar refractivity (Wildman–Crippen MR) is 56.5 cm³/mol. The second kappa shape index (κ2) is 4.93. The van der Waals surface area contributed by atoms with Gasteiger partial charge in [-0.05, 0) is 13.8 Å². The van der Waals surface area contributed by atoms with Crippen LogP contribution in [0.3, 0.4) is 0 Å². The van der Waals surface area contributed by atoms with Crippen LogP contribution in [-0.4, -0.2) is 45.4 Å². The van der Waals surface area contributed by atoms with Gasteiger partial charge in [0.25, 0.3) is 5.91 Å². The molecule has 0 aromatic carbocycles. The molecule has 1 aromatic heterocycles. The van der Waals surface area contributed by atoms with E-state index in [4.69, 9.17) is 5.11 Å². The molecule has 5 heteroatoms. The molecule has 1 heterocycles.